The minimum absolute atomic E-state index is 0.387. The fourth-order valence-corrected chi connectivity index (χ4v) is 3.67. The summed E-state index contributed by atoms with van der Waals surface area (Å²) in [5.74, 6) is 0. The van der Waals surface area contributed by atoms with Crippen LogP contribution in [0.15, 0.2) is 61.2 Å². The molecule has 3 heteroatoms. The minimum atomic E-state index is -0.820. The van der Waals surface area contributed by atoms with Gasteiger partial charge in [0.05, 0.1) is 10.2 Å². The Morgan fingerprint density at radius 2 is 1.86 bits per heavy atom. The lowest BCUT2D eigenvalue weighted by molar-refractivity contribution is 0.0896. The van der Waals surface area contributed by atoms with E-state index in [4.69, 9.17) is 0 Å². The van der Waals surface area contributed by atoms with Crippen LogP contribution in [0.4, 0.5) is 0 Å². The van der Waals surface area contributed by atoms with Crippen LogP contribution in [-0.4, -0.2) is 27.8 Å². The van der Waals surface area contributed by atoms with Gasteiger partial charge in [-0.3, -0.25) is 0 Å². The first-order valence-corrected chi connectivity index (χ1v) is 9.51. The molecule has 1 aromatic carbocycles. The van der Waals surface area contributed by atoms with Crippen LogP contribution in [0.3, 0.4) is 0 Å². The van der Waals surface area contributed by atoms with E-state index in [9.17, 15) is 5.11 Å². The Balaban J connectivity index is 2.70. The summed E-state index contributed by atoms with van der Waals surface area (Å²) in [6.45, 7) is 3.75. The van der Waals surface area contributed by atoms with E-state index in [-0.39, 0.29) is 0 Å². The van der Waals surface area contributed by atoms with Gasteiger partial charge in [-0.1, -0.05) is 60.7 Å². The average molecular weight is 321 g/mol. The summed E-state index contributed by atoms with van der Waals surface area (Å²) in [5.41, 5.74) is 0.333. The van der Waals surface area contributed by atoms with Crippen molar-refractivity contribution in [1.82, 2.24) is 0 Å². The van der Waals surface area contributed by atoms with Gasteiger partial charge in [-0.2, -0.15) is 23.5 Å². The van der Waals surface area contributed by atoms with Crippen LogP contribution in [0.25, 0.3) is 6.08 Å². The molecule has 0 aliphatic carbocycles. The maximum atomic E-state index is 10.7. The van der Waals surface area contributed by atoms with E-state index in [1.54, 1.807) is 29.6 Å². The van der Waals surface area contributed by atoms with Crippen LogP contribution in [0.1, 0.15) is 18.4 Å². The molecule has 0 radical (unpaired) electrons. The van der Waals surface area contributed by atoms with Crippen LogP contribution in [-0.2, 0) is 0 Å². The normalized spacial score (nSPS) is 14.9. The molecule has 0 spiro atoms. The molecule has 0 heterocycles. The van der Waals surface area contributed by atoms with E-state index >= 15 is 0 Å². The van der Waals surface area contributed by atoms with Gasteiger partial charge in [0.1, 0.15) is 0 Å². The van der Waals surface area contributed by atoms with E-state index in [0.717, 1.165) is 12.0 Å². The van der Waals surface area contributed by atoms with Gasteiger partial charge in [-0.05, 0) is 24.5 Å². The van der Waals surface area contributed by atoms with Gasteiger partial charge < -0.3 is 5.11 Å². The summed E-state index contributed by atoms with van der Waals surface area (Å²) in [5, 5.41) is 10.7. The zero-order valence-electron chi connectivity index (χ0n) is 12.7. The third-order valence-electron chi connectivity index (χ3n) is 3.15. The fourth-order valence-electron chi connectivity index (χ4n) is 1.99. The van der Waals surface area contributed by atoms with Gasteiger partial charge in [-0.25, -0.2) is 0 Å². The predicted molar refractivity (Wildman–Crippen MR) is 99.8 cm³/mol. The molecule has 0 aliphatic heterocycles. The third-order valence-corrected chi connectivity index (χ3v) is 5.69. The molecular weight excluding hydrogens is 296 g/mol. The monoisotopic (exact) mass is 320 g/mol. The summed E-state index contributed by atoms with van der Waals surface area (Å²) in [6.07, 6.45) is 15.0. The molecule has 1 unspecified atom stereocenters. The molecule has 21 heavy (non-hydrogen) atoms. The Morgan fingerprint density at radius 1 is 1.19 bits per heavy atom. The first-order chi connectivity index (χ1) is 10.1. The van der Waals surface area contributed by atoms with Gasteiger partial charge in [0.2, 0.25) is 0 Å². The zero-order chi connectivity index (χ0) is 15.6. The largest absolute Gasteiger partial charge is 0.385 e. The molecule has 0 aliphatic rings. The van der Waals surface area contributed by atoms with Crippen molar-refractivity contribution >= 4 is 29.6 Å². The van der Waals surface area contributed by atoms with E-state index in [2.05, 4.69) is 31.2 Å². The summed E-state index contributed by atoms with van der Waals surface area (Å²) >= 11 is 3.55. The highest BCUT2D eigenvalue weighted by Gasteiger charge is 2.25. The van der Waals surface area contributed by atoms with Gasteiger partial charge in [0.15, 0.2) is 0 Å². The number of allylic oxidation sites excluding steroid dienone is 2. The van der Waals surface area contributed by atoms with Crippen molar-refractivity contribution < 1.29 is 5.11 Å². The highest BCUT2D eigenvalue weighted by atomic mass is 32.2. The topological polar surface area (TPSA) is 20.2 Å². The van der Waals surface area contributed by atoms with Gasteiger partial charge >= 0.3 is 0 Å². The number of hydrogen-bond donors (Lipinski definition) is 1. The molecule has 0 saturated carbocycles. The van der Waals surface area contributed by atoms with E-state index in [1.165, 1.54) is 0 Å². The number of hydrogen-bond acceptors (Lipinski definition) is 3. The van der Waals surface area contributed by atoms with E-state index in [1.807, 2.05) is 42.5 Å². The van der Waals surface area contributed by atoms with Crippen molar-refractivity contribution in [2.24, 2.45) is 0 Å². The standard InChI is InChI=1S/C18H24OS2/c1-4-13-18(19,15-17(20-2)21-3)14-9-8-12-16-10-6-5-7-11-16/h4-12,14,17,19H,1,13,15H2,2-3H3/b12-8+,14-9+. The number of aliphatic hydroxyl groups is 1. The average Bonchev–Trinajstić information content (AvgIpc) is 2.51. The summed E-state index contributed by atoms with van der Waals surface area (Å²) in [6, 6.07) is 10.1. The lowest BCUT2D eigenvalue weighted by atomic mass is 9.95. The smallest absolute Gasteiger partial charge is 0.0883 e. The molecule has 1 nitrogen and oxygen atoms in total. The SMILES string of the molecule is C=CCC(O)(/C=C/C=C/c1ccccc1)CC(SC)SC. The molecular formula is C18H24OS2. The predicted octanol–water partition coefficient (Wildman–Crippen LogP) is 5.01. The van der Waals surface area contributed by atoms with Crippen LogP contribution in [0.5, 0.6) is 0 Å². The highest BCUT2D eigenvalue weighted by molar-refractivity contribution is 8.16. The fraction of sp³-hybridized carbons (Fsp3) is 0.333. The van der Waals surface area contributed by atoms with Crippen LogP contribution in [0.2, 0.25) is 0 Å². The molecule has 1 atom stereocenters. The lowest BCUT2D eigenvalue weighted by Gasteiger charge is -2.26. The van der Waals surface area contributed by atoms with Crippen molar-refractivity contribution in [3.8, 4) is 0 Å². The Bertz CT molecular complexity index is 463. The Labute approximate surface area is 137 Å². The molecule has 0 saturated heterocycles. The minimum Gasteiger partial charge on any atom is -0.385 e. The first-order valence-electron chi connectivity index (χ1n) is 6.93. The van der Waals surface area contributed by atoms with Gasteiger partial charge in [0.25, 0.3) is 0 Å². The number of rotatable bonds is 9. The molecule has 0 bridgehead atoms. The maximum Gasteiger partial charge on any atom is 0.0883 e. The second-order valence-corrected chi connectivity index (χ2v) is 7.21. The second-order valence-electron chi connectivity index (χ2n) is 4.83. The molecule has 0 fully saturated rings. The van der Waals surface area contributed by atoms with Crippen molar-refractivity contribution in [2.45, 2.75) is 23.0 Å². The summed E-state index contributed by atoms with van der Waals surface area (Å²) < 4.78 is 0.387. The molecule has 1 aromatic rings. The van der Waals surface area contributed by atoms with Crippen molar-refractivity contribution in [2.75, 3.05) is 12.5 Å². The molecule has 1 N–H and O–H groups in total. The van der Waals surface area contributed by atoms with E-state index < -0.39 is 5.60 Å². The highest BCUT2D eigenvalue weighted by Crippen LogP contribution is 2.31. The Kier molecular flexibility index (Phi) is 8.58. The maximum absolute atomic E-state index is 10.7. The Hall–Kier alpha value is -0.900. The zero-order valence-corrected chi connectivity index (χ0v) is 14.4. The number of thioether (sulfide) groups is 2. The molecule has 0 aromatic heterocycles. The molecule has 114 valence electrons. The van der Waals surface area contributed by atoms with Crippen molar-refractivity contribution in [1.29, 1.82) is 0 Å². The quantitative estimate of drug-likeness (QED) is 0.392. The number of benzene rings is 1. The second kappa shape index (κ2) is 9.93. The van der Waals surface area contributed by atoms with E-state index in [0.29, 0.717) is 11.0 Å². The third kappa shape index (κ3) is 7.07. The molecule has 1 rings (SSSR count). The lowest BCUT2D eigenvalue weighted by Crippen LogP contribution is -2.28. The van der Waals surface area contributed by atoms with Crippen LogP contribution >= 0.6 is 23.5 Å². The summed E-state index contributed by atoms with van der Waals surface area (Å²) in [4.78, 5) is 0. The van der Waals surface area contributed by atoms with Crippen LogP contribution in [0, 0.1) is 0 Å². The molecule has 0 amide bonds. The Morgan fingerprint density at radius 3 is 2.43 bits per heavy atom. The first kappa shape index (κ1) is 18.1. The van der Waals surface area contributed by atoms with Crippen LogP contribution < -0.4 is 0 Å². The van der Waals surface area contributed by atoms with Gasteiger partial charge in [0, 0.05) is 6.42 Å². The van der Waals surface area contributed by atoms with Crippen molar-refractivity contribution in [3.05, 3.63) is 66.8 Å². The van der Waals surface area contributed by atoms with Crippen molar-refractivity contribution in [3.63, 3.8) is 0 Å². The summed E-state index contributed by atoms with van der Waals surface area (Å²) in [7, 11) is 0. The van der Waals surface area contributed by atoms with Gasteiger partial charge in [-0.15, -0.1) is 6.58 Å².